The summed E-state index contributed by atoms with van der Waals surface area (Å²) in [7, 11) is 3.11. The molecule has 0 aliphatic carbocycles. The molecule has 2 aromatic heterocycles. The van der Waals surface area contributed by atoms with Gasteiger partial charge in [0, 0.05) is 25.7 Å². The number of carbonyl (C=O) groups is 1. The number of carbonyl (C=O) groups excluding carboxylic acids is 1. The van der Waals surface area contributed by atoms with Crippen molar-refractivity contribution in [1.29, 1.82) is 0 Å². The molecule has 2 heterocycles. The van der Waals surface area contributed by atoms with Crippen LogP contribution in [0.3, 0.4) is 0 Å². The third-order valence-corrected chi connectivity index (χ3v) is 3.83. The van der Waals surface area contributed by atoms with E-state index >= 15 is 0 Å². The minimum atomic E-state index is -0.582. The van der Waals surface area contributed by atoms with Gasteiger partial charge in [0.1, 0.15) is 11.3 Å². The van der Waals surface area contributed by atoms with E-state index in [-0.39, 0.29) is 11.3 Å². The van der Waals surface area contributed by atoms with Gasteiger partial charge < -0.3 is 14.6 Å². The number of amides is 1. The Labute approximate surface area is 132 Å². The van der Waals surface area contributed by atoms with Gasteiger partial charge in [-0.2, -0.15) is 0 Å². The summed E-state index contributed by atoms with van der Waals surface area (Å²) >= 11 is 0. The Morgan fingerprint density at radius 2 is 1.96 bits per heavy atom. The number of para-hydroxylation sites is 1. The second-order valence-corrected chi connectivity index (χ2v) is 5.18. The Hall–Kier alpha value is -3.15. The minimum Gasteiger partial charge on any atom is -0.506 e. The van der Waals surface area contributed by atoms with Crippen LogP contribution in [0.15, 0.2) is 53.6 Å². The van der Waals surface area contributed by atoms with Gasteiger partial charge in [0.15, 0.2) is 0 Å². The van der Waals surface area contributed by atoms with Crippen molar-refractivity contribution in [2.24, 2.45) is 7.05 Å². The van der Waals surface area contributed by atoms with Gasteiger partial charge in [-0.3, -0.25) is 14.6 Å². The highest BCUT2D eigenvalue weighted by Gasteiger charge is 2.24. The van der Waals surface area contributed by atoms with Gasteiger partial charge in [-0.1, -0.05) is 12.1 Å². The van der Waals surface area contributed by atoms with Crippen LogP contribution in [0.4, 0.5) is 5.69 Å². The first-order chi connectivity index (χ1) is 11.0. The number of aromatic nitrogens is 2. The topological polar surface area (TPSA) is 75.4 Å². The van der Waals surface area contributed by atoms with Gasteiger partial charge in [0.2, 0.25) is 0 Å². The highest BCUT2D eigenvalue weighted by Crippen LogP contribution is 2.27. The maximum Gasteiger partial charge on any atom is 0.267 e. The lowest BCUT2D eigenvalue weighted by atomic mass is 10.1. The number of benzene rings is 1. The van der Waals surface area contributed by atoms with E-state index in [1.54, 1.807) is 49.6 Å². The summed E-state index contributed by atoms with van der Waals surface area (Å²) < 4.78 is 1.36. The zero-order chi connectivity index (χ0) is 16.6. The normalized spacial score (nSPS) is 10.7. The summed E-state index contributed by atoms with van der Waals surface area (Å²) in [4.78, 5) is 30.5. The molecule has 0 bridgehead atoms. The number of rotatable bonds is 2. The van der Waals surface area contributed by atoms with Crippen molar-refractivity contribution in [3.8, 4) is 5.75 Å². The summed E-state index contributed by atoms with van der Waals surface area (Å²) in [5.74, 6) is -0.883. The monoisotopic (exact) mass is 309 g/mol. The van der Waals surface area contributed by atoms with Gasteiger partial charge in [-0.15, -0.1) is 0 Å². The molecule has 3 rings (SSSR count). The number of anilines is 1. The molecule has 116 valence electrons. The van der Waals surface area contributed by atoms with Crippen molar-refractivity contribution in [2.45, 2.75) is 0 Å². The maximum absolute atomic E-state index is 12.7. The molecular formula is C17H15N3O3. The lowest BCUT2D eigenvalue weighted by Crippen LogP contribution is -2.34. The molecule has 0 radical (unpaired) electrons. The number of aryl methyl sites for hydroxylation is 1. The summed E-state index contributed by atoms with van der Waals surface area (Å²) in [5.41, 5.74) is 0.308. The summed E-state index contributed by atoms with van der Waals surface area (Å²) in [6.45, 7) is 0. The highest BCUT2D eigenvalue weighted by atomic mass is 16.3. The van der Waals surface area contributed by atoms with Crippen LogP contribution in [-0.2, 0) is 7.05 Å². The van der Waals surface area contributed by atoms with E-state index in [0.717, 1.165) is 0 Å². The molecule has 0 spiro atoms. The van der Waals surface area contributed by atoms with E-state index in [1.807, 2.05) is 0 Å². The quantitative estimate of drug-likeness (QED) is 0.784. The third kappa shape index (κ3) is 2.34. The van der Waals surface area contributed by atoms with Crippen molar-refractivity contribution in [1.82, 2.24) is 9.55 Å². The lowest BCUT2D eigenvalue weighted by Gasteiger charge is -2.18. The average molecular weight is 309 g/mol. The fraction of sp³-hybridized carbons (Fsp3) is 0.118. The molecule has 0 aliphatic heterocycles. The Bertz CT molecular complexity index is 948. The third-order valence-electron chi connectivity index (χ3n) is 3.83. The van der Waals surface area contributed by atoms with Crippen LogP contribution < -0.4 is 10.5 Å². The number of hydrogen-bond acceptors (Lipinski definition) is 4. The first kappa shape index (κ1) is 14.8. The van der Waals surface area contributed by atoms with Crippen LogP contribution in [0.2, 0.25) is 0 Å². The minimum absolute atomic E-state index is 0.252. The fourth-order valence-electron chi connectivity index (χ4n) is 2.51. The second kappa shape index (κ2) is 5.57. The van der Waals surface area contributed by atoms with E-state index in [9.17, 15) is 14.7 Å². The molecule has 1 aromatic carbocycles. The smallest absolute Gasteiger partial charge is 0.267 e. The summed E-state index contributed by atoms with van der Waals surface area (Å²) in [5, 5.41) is 10.9. The first-order valence-corrected chi connectivity index (χ1v) is 7.01. The van der Waals surface area contributed by atoms with Crippen LogP contribution in [0.1, 0.15) is 10.4 Å². The molecule has 0 fully saturated rings. The first-order valence-electron chi connectivity index (χ1n) is 7.01. The summed E-state index contributed by atoms with van der Waals surface area (Å²) in [6.07, 6.45) is 3.11. The van der Waals surface area contributed by atoms with E-state index in [0.29, 0.717) is 16.6 Å². The number of fused-ring (bicyclic) bond motifs is 1. The van der Waals surface area contributed by atoms with E-state index in [4.69, 9.17) is 0 Å². The highest BCUT2D eigenvalue weighted by molar-refractivity contribution is 6.10. The molecule has 1 N–H and O–H groups in total. The predicted molar refractivity (Wildman–Crippen MR) is 87.8 cm³/mol. The molecule has 3 aromatic rings. The molecule has 0 saturated carbocycles. The fourth-order valence-corrected chi connectivity index (χ4v) is 2.51. The van der Waals surface area contributed by atoms with E-state index in [1.165, 1.54) is 22.7 Å². The second-order valence-electron chi connectivity index (χ2n) is 5.18. The van der Waals surface area contributed by atoms with Gasteiger partial charge >= 0.3 is 0 Å². The van der Waals surface area contributed by atoms with Crippen molar-refractivity contribution < 1.29 is 9.90 Å². The largest absolute Gasteiger partial charge is 0.506 e. The zero-order valence-corrected chi connectivity index (χ0v) is 12.7. The molecule has 6 heteroatoms. The maximum atomic E-state index is 12.7. The van der Waals surface area contributed by atoms with Crippen molar-refractivity contribution in [3.05, 3.63) is 64.7 Å². The number of aromatic hydroxyl groups is 1. The van der Waals surface area contributed by atoms with Gasteiger partial charge in [0.05, 0.1) is 17.4 Å². The average Bonchev–Trinajstić information content (AvgIpc) is 2.60. The molecular weight excluding hydrogens is 294 g/mol. The Kier molecular flexibility index (Phi) is 3.57. The van der Waals surface area contributed by atoms with E-state index in [2.05, 4.69) is 4.98 Å². The Balaban J connectivity index is 2.20. The molecule has 0 atom stereocenters. The van der Waals surface area contributed by atoms with Crippen LogP contribution >= 0.6 is 0 Å². The van der Waals surface area contributed by atoms with Crippen LogP contribution in [0.5, 0.6) is 5.75 Å². The molecule has 6 nitrogen and oxygen atoms in total. The molecule has 23 heavy (non-hydrogen) atoms. The molecule has 1 amide bonds. The van der Waals surface area contributed by atoms with Crippen molar-refractivity contribution in [2.75, 3.05) is 11.9 Å². The van der Waals surface area contributed by atoms with Gasteiger partial charge in [0.25, 0.3) is 11.5 Å². The van der Waals surface area contributed by atoms with Crippen molar-refractivity contribution in [3.63, 3.8) is 0 Å². The van der Waals surface area contributed by atoms with Crippen molar-refractivity contribution >= 4 is 22.5 Å². The summed E-state index contributed by atoms with van der Waals surface area (Å²) in [6, 6.07) is 10.3. The molecule has 0 aliphatic rings. The Morgan fingerprint density at radius 3 is 2.65 bits per heavy atom. The number of nitrogens with zero attached hydrogens (tertiary/aromatic N) is 3. The zero-order valence-electron chi connectivity index (χ0n) is 12.7. The predicted octanol–water partition coefficient (Wildman–Crippen LogP) is 1.92. The van der Waals surface area contributed by atoms with Crippen LogP contribution in [-0.4, -0.2) is 27.6 Å². The lowest BCUT2D eigenvalue weighted by molar-refractivity contribution is 0.0988. The molecule has 0 saturated heterocycles. The van der Waals surface area contributed by atoms with Crippen LogP contribution in [0.25, 0.3) is 10.9 Å². The van der Waals surface area contributed by atoms with Gasteiger partial charge in [-0.05, 0) is 24.3 Å². The SMILES string of the molecule is CN(C(=O)c1c(O)c2ccccc2n(C)c1=O)c1cccnc1. The number of hydrogen-bond donors (Lipinski definition) is 1. The number of pyridine rings is 2. The van der Waals surface area contributed by atoms with Crippen LogP contribution in [0, 0.1) is 0 Å². The van der Waals surface area contributed by atoms with Gasteiger partial charge in [-0.25, -0.2) is 0 Å². The Morgan fingerprint density at radius 1 is 1.22 bits per heavy atom. The standard InChI is InChI=1S/C17H15N3O3/c1-19(11-6-5-9-18-10-11)16(22)14-15(21)12-7-3-4-8-13(12)20(2)17(14)23/h3-10,21H,1-2H3. The van der Waals surface area contributed by atoms with E-state index < -0.39 is 11.5 Å². The molecule has 0 unspecified atom stereocenters.